The maximum absolute atomic E-state index is 13.6. The normalized spacial score (nSPS) is 17.1. The molecule has 1 aromatic carbocycles. The quantitative estimate of drug-likeness (QED) is 0.745. The van der Waals surface area contributed by atoms with Gasteiger partial charge in [0.05, 0.1) is 18.5 Å². The van der Waals surface area contributed by atoms with E-state index < -0.39 is 23.4 Å². The number of esters is 1. The van der Waals surface area contributed by atoms with E-state index in [2.05, 4.69) is 9.84 Å². The van der Waals surface area contributed by atoms with Crippen LogP contribution >= 0.6 is 0 Å². The zero-order valence-electron chi connectivity index (χ0n) is 16.4. The molecule has 3 rings (SSSR count). The second-order valence-electron chi connectivity index (χ2n) is 7.03. The predicted octanol–water partition coefficient (Wildman–Crippen LogP) is 2.91. The Kier molecular flexibility index (Phi) is 6.45. The predicted molar refractivity (Wildman–Crippen MR) is 100 cm³/mol. The van der Waals surface area contributed by atoms with Crippen molar-refractivity contribution in [3.63, 3.8) is 0 Å². The van der Waals surface area contributed by atoms with Gasteiger partial charge in [-0.3, -0.25) is 4.79 Å². The highest BCUT2D eigenvalue weighted by molar-refractivity contribution is 5.94. The van der Waals surface area contributed by atoms with Crippen LogP contribution in [0.2, 0.25) is 0 Å². The van der Waals surface area contributed by atoms with Gasteiger partial charge in [0.15, 0.2) is 5.69 Å². The third-order valence-corrected chi connectivity index (χ3v) is 4.96. The Labute approximate surface area is 171 Å². The van der Waals surface area contributed by atoms with Gasteiger partial charge in [0.2, 0.25) is 0 Å². The van der Waals surface area contributed by atoms with Crippen LogP contribution < -0.4 is 0 Å². The van der Waals surface area contributed by atoms with Crippen LogP contribution in [0.25, 0.3) is 5.69 Å². The molecule has 1 fully saturated rings. The summed E-state index contributed by atoms with van der Waals surface area (Å²) in [6.07, 6.45) is -2.38. The first-order chi connectivity index (χ1) is 14.3. The van der Waals surface area contributed by atoms with E-state index in [1.54, 1.807) is 4.90 Å². The molecule has 0 aliphatic carbocycles. The number of benzene rings is 1. The Hall–Kier alpha value is -2.88. The molecule has 30 heavy (non-hydrogen) atoms. The Morgan fingerprint density at radius 2 is 1.97 bits per heavy atom. The van der Waals surface area contributed by atoms with E-state index in [1.165, 1.54) is 31.2 Å². The van der Waals surface area contributed by atoms with Gasteiger partial charge >= 0.3 is 12.1 Å². The monoisotopic (exact) mass is 425 g/mol. The summed E-state index contributed by atoms with van der Waals surface area (Å²) >= 11 is 0. The topological polar surface area (TPSA) is 84.7 Å². The number of amides is 1. The van der Waals surface area contributed by atoms with Gasteiger partial charge < -0.3 is 14.7 Å². The van der Waals surface area contributed by atoms with Crippen LogP contribution in [0.5, 0.6) is 0 Å². The van der Waals surface area contributed by atoms with E-state index >= 15 is 0 Å². The van der Waals surface area contributed by atoms with Crippen LogP contribution in [0.4, 0.5) is 13.2 Å². The molecular formula is C20H22F3N3O4. The number of aliphatic hydroxyl groups is 1. The van der Waals surface area contributed by atoms with Gasteiger partial charge in [-0.15, -0.1) is 0 Å². The number of aromatic nitrogens is 2. The van der Waals surface area contributed by atoms with Gasteiger partial charge in [0, 0.05) is 25.3 Å². The number of hydrogen-bond donors (Lipinski definition) is 1. The van der Waals surface area contributed by atoms with Crippen LogP contribution in [-0.2, 0) is 10.9 Å². The van der Waals surface area contributed by atoms with Crippen LogP contribution in [0.1, 0.15) is 46.2 Å². The molecule has 1 atom stereocenters. The van der Waals surface area contributed by atoms with E-state index in [0.717, 1.165) is 19.0 Å². The third kappa shape index (κ3) is 4.48. The van der Waals surface area contributed by atoms with Crippen molar-refractivity contribution in [3.8, 4) is 5.69 Å². The molecule has 1 aromatic heterocycles. The summed E-state index contributed by atoms with van der Waals surface area (Å²) in [6.45, 7) is 2.45. The number of ether oxygens (including phenoxy) is 1. The molecule has 2 heterocycles. The van der Waals surface area contributed by atoms with Crippen molar-refractivity contribution in [2.45, 2.75) is 25.9 Å². The fourth-order valence-corrected chi connectivity index (χ4v) is 3.50. The number of carbonyl (C=O) groups excluding carboxylic acids is 2. The summed E-state index contributed by atoms with van der Waals surface area (Å²) in [5.74, 6) is -1.32. The lowest BCUT2D eigenvalue weighted by molar-refractivity contribution is -0.143. The highest BCUT2D eigenvalue weighted by atomic mass is 19.4. The molecule has 0 bridgehead atoms. The number of carbonyl (C=O) groups is 2. The number of piperidine rings is 1. The highest BCUT2D eigenvalue weighted by Crippen LogP contribution is 2.34. The van der Waals surface area contributed by atoms with Crippen molar-refractivity contribution in [3.05, 3.63) is 47.3 Å². The smallest absolute Gasteiger partial charge is 0.434 e. The van der Waals surface area contributed by atoms with Gasteiger partial charge in [-0.2, -0.15) is 18.3 Å². The van der Waals surface area contributed by atoms with Gasteiger partial charge in [0.1, 0.15) is 5.56 Å². The molecule has 1 unspecified atom stereocenters. The van der Waals surface area contributed by atoms with Gasteiger partial charge in [0.25, 0.3) is 5.91 Å². The molecule has 1 aliphatic rings. The number of halogens is 3. The molecule has 2 aromatic rings. The van der Waals surface area contributed by atoms with Crippen LogP contribution in [0.3, 0.4) is 0 Å². The minimum atomic E-state index is -4.83. The average Bonchev–Trinajstić information content (AvgIpc) is 3.19. The minimum absolute atomic E-state index is 0.00499. The summed E-state index contributed by atoms with van der Waals surface area (Å²) < 4.78 is 46.1. The Bertz CT molecular complexity index is 909. The molecule has 0 saturated carbocycles. The number of hydrogen-bond acceptors (Lipinski definition) is 5. The fraction of sp³-hybridized carbons (Fsp3) is 0.450. The van der Waals surface area contributed by atoms with Crippen molar-refractivity contribution >= 4 is 11.9 Å². The molecule has 1 amide bonds. The Balaban J connectivity index is 1.88. The fourth-order valence-electron chi connectivity index (χ4n) is 3.50. The molecule has 1 aliphatic heterocycles. The number of likely N-dealkylation sites (tertiary alicyclic amines) is 1. The van der Waals surface area contributed by atoms with Gasteiger partial charge in [-0.25, -0.2) is 9.48 Å². The van der Waals surface area contributed by atoms with E-state index in [9.17, 15) is 27.9 Å². The van der Waals surface area contributed by atoms with E-state index in [0.29, 0.717) is 23.3 Å². The largest absolute Gasteiger partial charge is 0.462 e. The molecule has 162 valence electrons. The first-order valence-corrected chi connectivity index (χ1v) is 9.59. The number of alkyl halides is 3. The minimum Gasteiger partial charge on any atom is -0.462 e. The number of nitrogens with zero attached hydrogens (tertiary/aromatic N) is 3. The summed E-state index contributed by atoms with van der Waals surface area (Å²) in [5.41, 5.74) is -1.53. The van der Waals surface area contributed by atoms with Crippen molar-refractivity contribution in [2.75, 3.05) is 26.3 Å². The summed E-state index contributed by atoms with van der Waals surface area (Å²) in [7, 11) is 0. The van der Waals surface area contributed by atoms with Crippen LogP contribution in [0.15, 0.2) is 30.5 Å². The zero-order valence-corrected chi connectivity index (χ0v) is 16.4. The maximum Gasteiger partial charge on any atom is 0.434 e. The first kappa shape index (κ1) is 21.8. The first-order valence-electron chi connectivity index (χ1n) is 9.59. The third-order valence-electron chi connectivity index (χ3n) is 4.96. The van der Waals surface area contributed by atoms with Crippen LogP contribution in [-0.4, -0.2) is 58.0 Å². The summed E-state index contributed by atoms with van der Waals surface area (Å²) in [5, 5.41) is 13.0. The van der Waals surface area contributed by atoms with Crippen molar-refractivity contribution in [2.24, 2.45) is 5.92 Å². The second kappa shape index (κ2) is 8.86. The molecule has 1 saturated heterocycles. The summed E-state index contributed by atoms with van der Waals surface area (Å²) in [4.78, 5) is 26.2. The Morgan fingerprint density at radius 1 is 1.27 bits per heavy atom. The lowest BCUT2D eigenvalue weighted by Gasteiger charge is -2.32. The molecule has 7 nitrogen and oxygen atoms in total. The van der Waals surface area contributed by atoms with E-state index in [4.69, 9.17) is 0 Å². The SMILES string of the molecule is CCOC(=O)c1cnn(-c2ccc(C(=O)N3CCCC(CO)C3)cc2)c1C(F)(F)F. The lowest BCUT2D eigenvalue weighted by Crippen LogP contribution is -2.40. The number of rotatable bonds is 5. The Morgan fingerprint density at radius 3 is 2.57 bits per heavy atom. The lowest BCUT2D eigenvalue weighted by atomic mass is 9.98. The number of aliphatic hydroxyl groups excluding tert-OH is 1. The molecule has 0 radical (unpaired) electrons. The molecule has 0 spiro atoms. The molecular weight excluding hydrogens is 403 g/mol. The highest BCUT2D eigenvalue weighted by Gasteiger charge is 2.41. The standard InChI is InChI=1S/C20H22F3N3O4/c1-2-30-19(29)16-10-24-26(17(16)20(21,22)23)15-7-5-14(6-8-15)18(28)25-9-3-4-13(11-25)12-27/h5-8,10,13,27H,2-4,9,11-12H2,1H3. The van der Waals surface area contributed by atoms with Crippen molar-refractivity contribution in [1.29, 1.82) is 0 Å². The molecule has 10 heteroatoms. The van der Waals surface area contributed by atoms with E-state index in [1.807, 2.05) is 0 Å². The van der Waals surface area contributed by atoms with E-state index in [-0.39, 0.29) is 30.7 Å². The van der Waals surface area contributed by atoms with Crippen molar-refractivity contribution < 1.29 is 32.6 Å². The second-order valence-corrected chi connectivity index (χ2v) is 7.03. The maximum atomic E-state index is 13.6. The zero-order chi connectivity index (χ0) is 21.9. The van der Waals surface area contributed by atoms with Crippen LogP contribution in [0, 0.1) is 5.92 Å². The average molecular weight is 425 g/mol. The van der Waals surface area contributed by atoms with Gasteiger partial charge in [-0.1, -0.05) is 0 Å². The van der Waals surface area contributed by atoms with Gasteiger partial charge in [-0.05, 0) is 49.9 Å². The summed E-state index contributed by atoms with van der Waals surface area (Å²) in [6, 6.07) is 5.54. The molecule has 1 N–H and O–H groups in total. The van der Waals surface area contributed by atoms with Crippen molar-refractivity contribution in [1.82, 2.24) is 14.7 Å².